The zero-order chi connectivity index (χ0) is 14.9. The summed E-state index contributed by atoms with van der Waals surface area (Å²) in [6.07, 6.45) is 0.711. The number of nitrogens with zero attached hydrogens (tertiary/aromatic N) is 1. The highest BCUT2D eigenvalue weighted by Gasteiger charge is 2.26. The van der Waals surface area contributed by atoms with E-state index in [1.165, 1.54) is 0 Å². The predicted molar refractivity (Wildman–Crippen MR) is 73.4 cm³/mol. The van der Waals surface area contributed by atoms with Crippen molar-refractivity contribution in [3.63, 3.8) is 0 Å². The molecule has 1 aliphatic rings. The summed E-state index contributed by atoms with van der Waals surface area (Å²) >= 11 is 5.62. The molecule has 0 spiro atoms. The van der Waals surface area contributed by atoms with E-state index in [0.29, 0.717) is 12.8 Å². The minimum absolute atomic E-state index is 0.0351. The number of benzene rings is 1. The van der Waals surface area contributed by atoms with Crippen molar-refractivity contribution in [1.82, 2.24) is 0 Å². The highest BCUT2D eigenvalue weighted by atomic mass is 35.5. The molecular weight excluding hydrogens is 311 g/mol. The van der Waals surface area contributed by atoms with Crippen LogP contribution in [0.15, 0.2) is 12.1 Å². The third-order valence-corrected chi connectivity index (χ3v) is 5.15. The standard InChI is InChI=1S/C11H12ClFN2O4S/c12-8-5-10(11(15(16)17)6-9(8)13)14-7-1-3-20(18,19)4-2-7/h5-7,14H,1-4H2. The molecule has 1 saturated heterocycles. The number of nitro groups is 1. The average Bonchev–Trinajstić information content (AvgIpc) is 2.35. The molecular formula is C11H12ClFN2O4S. The number of hydrogen-bond acceptors (Lipinski definition) is 5. The highest BCUT2D eigenvalue weighted by molar-refractivity contribution is 7.91. The molecule has 20 heavy (non-hydrogen) atoms. The van der Waals surface area contributed by atoms with Crippen molar-refractivity contribution >= 4 is 32.8 Å². The van der Waals surface area contributed by atoms with Crippen LogP contribution in [-0.2, 0) is 9.84 Å². The fourth-order valence-electron chi connectivity index (χ4n) is 2.06. The maximum atomic E-state index is 13.3. The summed E-state index contributed by atoms with van der Waals surface area (Å²) in [5.74, 6) is -0.795. The lowest BCUT2D eigenvalue weighted by Crippen LogP contribution is -2.32. The molecule has 0 saturated carbocycles. The van der Waals surface area contributed by atoms with Crippen molar-refractivity contribution in [2.45, 2.75) is 18.9 Å². The van der Waals surface area contributed by atoms with Crippen LogP contribution < -0.4 is 5.32 Å². The molecule has 1 fully saturated rings. The van der Waals surface area contributed by atoms with Crippen LogP contribution in [0, 0.1) is 15.9 Å². The molecule has 1 aromatic rings. The molecule has 0 aromatic heterocycles. The molecule has 2 rings (SSSR count). The lowest BCUT2D eigenvalue weighted by atomic mass is 10.1. The Morgan fingerprint density at radius 2 is 1.95 bits per heavy atom. The van der Waals surface area contributed by atoms with Gasteiger partial charge in [0.05, 0.1) is 27.5 Å². The van der Waals surface area contributed by atoms with Crippen molar-refractivity contribution in [2.24, 2.45) is 0 Å². The summed E-state index contributed by atoms with van der Waals surface area (Å²) in [5.41, 5.74) is -0.314. The van der Waals surface area contributed by atoms with Crippen LogP contribution in [0.2, 0.25) is 5.02 Å². The highest BCUT2D eigenvalue weighted by Crippen LogP contribution is 2.32. The van der Waals surface area contributed by atoms with Gasteiger partial charge in [-0.15, -0.1) is 0 Å². The van der Waals surface area contributed by atoms with Gasteiger partial charge in [-0.2, -0.15) is 0 Å². The molecule has 0 bridgehead atoms. The molecule has 1 heterocycles. The molecule has 0 radical (unpaired) electrons. The number of nitro benzene ring substituents is 1. The van der Waals surface area contributed by atoms with Gasteiger partial charge in [-0.1, -0.05) is 11.6 Å². The first-order valence-electron chi connectivity index (χ1n) is 5.89. The number of halogens is 2. The third kappa shape index (κ3) is 3.37. The normalized spacial score (nSPS) is 18.7. The molecule has 1 aliphatic heterocycles. The summed E-state index contributed by atoms with van der Waals surface area (Å²) in [5, 5.41) is 13.5. The van der Waals surface area contributed by atoms with Gasteiger partial charge in [-0.05, 0) is 18.9 Å². The smallest absolute Gasteiger partial charge is 0.295 e. The Bertz CT molecular complexity index is 636. The van der Waals surface area contributed by atoms with Gasteiger partial charge < -0.3 is 5.32 Å². The van der Waals surface area contributed by atoms with Gasteiger partial charge in [0.2, 0.25) is 0 Å². The predicted octanol–water partition coefficient (Wildman–Crippen LogP) is 2.38. The number of sulfone groups is 1. The van der Waals surface area contributed by atoms with Crippen molar-refractivity contribution in [2.75, 3.05) is 16.8 Å². The van der Waals surface area contributed by atoms with E-state index in [0.717, 1.165) is 12.1 Å². The fraction of sp³-hybridized carbons (Fsp3) is 0.455. The van der Waals surface area contributed by atoms with E-state index >= 15 is 0 Å². The zero-order valence-electron chi connectivity index (χ0n) is 10.3. The van der Waals surface area contributed by atoms with E-state index in [4.69, 9.17) is 11.6 Å². The largest absolute Gasteiger partial charge is 0.377 e. The van der Waals surface area contributed by atoms with Gasteiger partial charge in [0.15, 0.2) is 0 Å². The Hall–Kier alpha value is -1.41. The molecule has 1 N–H and O–H groups in total. The van der Waals surface area contributed by atoms with Gasteiger partial charge in [0.25, 0.3) is 5.69 Å². The monoisotopic (exact) mass is 322 g/mol. The molecule has 0 atom stereocenters. The van der Waals surface area contributed by atoms with Crippen LogP contribution in [0.1, 0.15) is 12.8 Å². The van der Waals surface area contributed by atoms with Crippen LogP contribution in [0.5, 0.6) is 0 Å². The molecule has 0 unspecified atom stereocenters. The van der Waals surface area contributed by atoms with Gasteiger partial charge in [-0.3, -0.25) is 10.1 Å². The molecule has 1 aromatic carbocycles. The summed E-state index contributed by atoms with van der Waals surface area (Å²) in [6.45, 7) is 0. The Balaban J connectivity index is 2.21. The zero-order valence-corrected chi connectivity index (χ0v) is 11.9. The summed E-state index contributed by atoms with van der Waals surface area (Å²) < 4.78 is 35.9. The average molecular weight is 323 g/mol. The van der Waals surface area contributed by atoms with Crippen LogP contribution in [0.4, 0.5) is 15.8 Å². The first kappa shape index (κ1) is 15.0. The van der Waals surface area contributed by atoms with Crippen LogP contribution in [0.3, 0.4) is 0 Å². The van der Waals surface area contributed by atoms with Crippen molar-refractivity contribution in [3.05, 3.63) is 33.1 Å². The second kappa shape index (κ2) is 5.53. The van der Waals surface area contributed by atoms with E-state index in [2.05, 4.69) is 5.32 Å². The molecule has 0 amide bonds. The molecule has 6 nitrogen and oxygen atoms in total. The van der Waals surface area contributed by atoms with E-state index < -0.39 is 26.3 Å². The van der Waals surface area contributed by atoms with E-state index in [9.17, 15) is 22.9 Å². The SMILES string of the molecule is O=[N+]([O-])c1cc(F)c(Cl)cc1NC1CCS(=O)(=O)CC1. The van der Waals surface area contributed by atoms with Gasteiger partial charge >= 0.3 is 0 Å². The summed E-state index contributed by atoms with van der Waals surface area (Å²) in [6, 6.07) is 1.70. The van der Waals surface area contributed by atoms with Gasteiger partial charge in [-0.25, -0.2) is 12.8 Å². The van der Waals surface area contributed by atoms with E-state index in [1.54, 1.807) is 0 Å². The van der Waals surface area contributed by atoms with Crippen molar-refractivity contribution < 1.29 is 17.7 Å². The van der Waals surface area contributed by atoms with Gasteiger partial charge in [0.1, 0.15) is 21.3 Å². The maximum Gasteiger partial charge on any atom is 0.295 e. The minimum Gasteiger partial charge on any atom is -0.377 e. The van der Waals surface area contributed by atoms with Gasteiger partial charge in [0, 0.05) is 6.04 Å². The molecule has 0 aliphatic carbocycles. The third-order valence-electron chi connectivity index (χ3n) is 3.15. The first-order valence-corrected chi connectivity index (χ1v) is 8.09. The summed E-state index contributed by atoms with van der Waals surface area (Å²) in [4.78, 5) is 10.2. The Morgan fingerprint density at radius 3 is 2.50 bits per heavy atom. The Kier molecular flexibility index (Phi) is 4.14. The molecule has 110 valence electrons. The summed E-state index contributed by atoms with van der Waals surface area (Å²) in [7, 11) is -3.01. The lowest BCUT2D eigenvalue weighted by molar-refractivity contribution is -0.384. The Labute approximate surface area is 120 Å². The Morgan fingerprint density at radius 1 is 1.35 bits per heavy atom. The minimum atomic E-state index is -3.01. The number of anilines is 1. The number of rotatable bonds is 3. The van der Waals surface area contributed by atoms with E-state index in [-0.39, 0.29) is 28.3 Å². The first-order chi connectivity index (χ1) is 9.28. The molecule has 9 heteroatoms. The quantitative estimate of drug-likeness (QED) is 0.681. The maximum absolute atomic E-state index is 13.3. The van der Waals surface area contributed by atoms with Crippen LogP contribution in [-0.4, -0.2) is 30.9 Å². The van der Waals surface area contributed by atoms with Crippen LogP contribution in [0.25, 0.3) is 0 Å². The lowest BCUT2D eigenvalue weighted by Gasteiger charge is -2.24. The van der Waals surface area contributed by atoms with Crippen molar-refractivity contribution in [3.8, 4) is 0 Å². The topological polar surface area (TPSA) is 89.3 Å². The fourth-order valence-corrected chi connectivity index (χ4v) is 3.71. The van der Waals surface area contributed by atoms with E-state index in [1.807, 2.05) is 0 Å². The van der Waals surface area contributed by atoms with Crippen molar-refractivity contribution in [1.29, 1.82) is 0 Å². The number of nitrogens with one attached hydrogen (secondary N) is 1. The second-order valence-electron chi connectivity index (χ2n) is 4.61. The number of hydrogen-bond donors (Lipinski definition) is 1. The second-order valence-corrected chi connectivity index (χ2v) is 7.32. The van der Waals surface area contributed by atoms with Crippen LogP contribution >= 0.6 is 11.6 Å².